The van der Waals surface area contributed by atoms with E-state index in [1.807, 2.05) is 43.3 Å². The average molecular weight is 305 g/mol. The Morgan fingerprint density at radius 2 is 1.77 bits per heavy atom. The van der Waals surface area contributed by atoms with Crippen molar-refractivity contribution in [1.29, 1.82) is 0 Å². The molecule has 1 aliphatic rings. The molecule has 0 aliphatic carbocycles. The second kappa shape index (κ2) is 9.98. The number of hydrogen-bond donors (Lipinski definition) is 0. The number of carbonyl (C=O) groups excluding carboxylic acids is 2. The highest BCUT2D eigenvalue weighted by Gasteiger charge is 2.34. The Balaban J connectivity index is 0.000000335. The summed E-state index contributed by atoms with van der Waals surface area (Å²) >= 11 is 0. The molecule has 0 aromatic heterocycles. The molecular formula is C18H27NO3. The van der Waals surface area contributed by atoms with Gasteiger partial charge < -0.3 is 4.74 Å². The summed E-state index contributed by atoms with van der Waals surface area (Å²) < 4.78 is 4.82. The number of benzene rings is 1. The van der Waals surface area contributed by atoms with Gasteiger partial charge in [-0.25, -0.2) is 9.69 Å². The lowest BCUT2D eigenvalue weighted by Crippen LogP contribution is -2.37. The first-order valence-corrected chi connectivity index (χ1v) is 8.05. The minimum absolute atomic E-state index is 0.0991. The Kier molecular flexibility index (Phi) is 8.26. The lowest BCUT2D eigenvalue weighted by Gasteiger charge is -2.17. The van der Waals surface area contributed by atoms with Gasteiger partial charge in [0.2, 0.25) is 5.91 Å². The smallest absolute Gasteiger partial charge is 0.416 e. The number of rotatable bonds is 5. The standard InChI is InChI=1S/C12H21NO3.C6H6/c1-4-5-9(2)6-7-11(14)13-10(3)8-16-12(13)15;1-2-4-6-5-3-1/h9-10H,4-8H2,1-3H3;1-6H/t9?,10-;/m1./s1. The van der Waals surface area contributed by atoms with Crippen molar-refractivity contribution in [3.63, 3.8) is 0 Å². The van der Waals surface area contributed by atoms with Gasteiger partial charge in [0, 0.05) is 6.42 Å². The van der Waals surface area contributed by atoms with Crippen molar-refractivity contribution in [3.05, 3.63) is 36.4 Å². The third-order valence-corrected chi connectivity index (χ3v) is 3.65. The van der Waals surface area contributed by atoms with Gasteiger partial charge in [0.05, 0.1) is 6.04 Å². The quantitative estimate of drug-likeness (QED) is 0.816. The number of amides is 2. The van der Waals surface area contributed by atoms with Crippen LogP contribution in [0.5, 0.6) is 0 Å². The minimum Gasteiger partial charge on any atom is -0.447 e. The van der Waals surface area contributed by atoms with Gasteiger partial charge in [-0.2, -0.15) is 0 Å². The molecule has 122 valence electrons. The molecule has 0 saturated carbocycles. The molecule has 1 unspecified atom stereocenters. The van der Waals surface area contributed by atoms with Crippen LogP contribution in [0.3, 0.4) is 0 Å². The molecule has 0 radical (unpaired) electrons. The lowest BCUT2D eigenvalue weighted by atomic mass is 10.00. The normalized spacial score (nSPS) is 18.2. The van der Waals surface area contributed by atoms with E-state index in [-0.39, 0.29) is 11.9 Å². The molecule has 2 atom stereocenters. The van der Waals surface area contributed by atoms with Gasteiger partial charge in [0.1, 0.15) is 6.61 Å². The third-order valence-electron chi connectivity index (χ3n) is 3.65. The zero-order valence-electron chi connectivity index (χ0n) is 13.8. The van der Waals surface area contributed by atoms with Crippen molar-refractivity contribution >= 4 is 12.0 Å². The first kappa shape index (κ1) is 18.2. The fourth-order valence-electron chi connectivity index (χ4n) is 2.38. The Labute approximate surface area is 133 Å². The van der Waals surface area contributed by atoms with Crippen LogP contribution >= 0.6 is 0 Å². The molecule has 22 heavy (non-hydrogen) atoms. The van der Waals surface area contributed by atoms with Crippen LogP contribution < -0.4 is 0 Å². The maximum atomic E-state index is 11.8. The second-order valence-corrected chi connectivity index (χ2v) is 5.78. The first-order chi connectivity index (χ1) is 10.6. The van der Waals surface area contributed by atoms with E-state index in [2.05, 4.69) is 13.8 Å². The molecule has 0 N–H and O–H groups in total. The molecule has 1 fully saturated rings. The van der Waals surface area contributed by atoms with Gasteiger partial charge in [-0.1, -0.05) is 63.1 Å². The Hall–Kier alpha value is -1.84. The van der Waals surface area contributed by atoms with Crippen LogP contribution in [0.25, 0.3) is 0 Å². The maximum absolute atomic E-state index is 11.8. The zero-order valence-corrected chi connectivity index (χ0v) is 13.8. The van der Waals surface area contributed by atoms with Crippen LogP contribution in [-0.4, -0.2) is 29.5 Å². The molecule has 1 saturated heterocycles. The van der Waals surface area contributed by atoms with Gasteiger partial charge in [0.15, 0.2) is 0 Å². The highest BCUT2D eigenvalue weighted by atomic mass is 16.6. The van der Waals surface area contributed by atoms with Gasteiger partial charge in [-0.3, -0.25) is 4.79 Å². The summed E-state index contributed by atoms with van der Waals surface area (Å²) in [6.07, 6.45) is 3.08. The van der Waals surface area contributed by atoms with E-state index in [1.165, 1.54) is 4.90 Å². The monoisotopic (exact) mass is 305 g/mol. The number of hydrogen-bond acceptors (Lipinski definition) is 3. The van der Waals surface area contributed by atoms with E-state index >= 15 is 0 Å². The predicted octanol–water partition coefficient (Wildman–Crippen LogP) is 4.26. The SMILES string of the molecule is CCCC(C)CCC(=O)N1C(=O)OC[C@H]1C.c1ccccc1. The van der Waals surface area contributed by atoms with E-state index < -0.39 is 6.09 Å². The van der Waals surface area contributed by atoms with Crippen LogP contribution in [0.1, 0.15) is 46.5 Å². The van der Waals surface area contributed by atoms with Crippen molar-refractivity contribution in [2.24, 2.45) is 5.92 Å². The Morgan fingerprint density at radius 3 is 2.18 bits per heavy atom. The van der Waals surface area contributed by atoms with Crippen molar-refractivity contribution < 1.29 is 14.3 Å². The molecule has 0 spiro atoms. The van der Waals surface area contributed by atoms with E-state index in [1.54, 1.807) is 0 Å². The molecule has 1 aliphatic heterocycles. The summed E-state index contributed by atoms with van der Waals surface area (Å²) in [5.74, 6) is 0.445. The largest absolute Gasteiger partial charge is 0.447 e. The molecule has 1 aromatic rings. The number of imide groups is 1. The third kappa shape index (κ3) is 6.29. The summed E-state index contributed by atoms with van der Waals surface area (Å²) in [6.45, 7) is 6.44. The van der Waals surface area contributed by atoms with E-state index in [0.717, 1.165) is 19.3 Å². The van der Waals surface area contributed by atoms with Crippen LogP contribution in [0, 0.1) is 5.92 Å². The second-order valence-electron chi connectivity index (χ2n) is 5.78. The minimum atomic E-state index is -0.486. The topological polar surface area (TPSA) is 46.6 Å². The van der Waals surface area contributed by atoms with Crippen LogP contribution in [-0.2, 0) is 9.53 Å². The van der Waals surface area contributed by atoms with Gasteiger partial charge in [-0.05, 0) is 19.3 Å². The maximum Gasteiger partial charge on any atom is 0.416 e. The van der Waals surface area contributed by atoms with Crippen LogP contribution in [0.4, 0.5) is 4.79 Å². The average Bonchev–Trinajstić information content (AvgIpc) is 2.87. The molecule has 1 heterocycles. The summed E-state index contributed by atoms with van der Waals surface area (Å²) in [5, 5.41) is 0. The lowest BCUT2D eigenvalue weighted by molar-refractivity contribution is -0.129. The van der Waals surface area contributed by atoms with Gasteiger partial charge in [-0.15, -0.1) is 0 Å². The fraction of sp³-hybridized carbons (Fsp3) is 0.556. The highest BCUT2D eigenvalue weighted by Crippen LogP contribution is 2.17. The summed E-state index contributed by atoms with van der Waals surface area (Å²) in [7, 11) is 0. The number of nitrogens with zero attached hydrogens (tertiary/aromatic N) is 1. The predicted molar refractivity (Wildman–Crippen MR) is 87.4 cm³/mol. The van der Waals surface area contributed by atoms with Crippen molar-refractivity contribution in [2.45, 2.75) is 52.5 Å². The number of cyclic esters (lactones) is 1. The Bertz CT molecular complexity index is 420. The number of carbonyl (C=O) groups is 2. The number of ether oxygens (including phenoxy) is 1. The van der Waals surface area contributed by atoms with E-state index in [0.29, 0.717) is 18.9 Å². The first-order valence-electron chi connectivity index (χ1n) is 8.05. The van der Waals surface area contributed by atoms with E-state index in [9.17, 15) is 9.59 Å². The summed E-state index contributed by atoms with van der Waals surface area (Å²) in [4.78, 5) is 24.3. The molecule has 2 rings (SSSR count). The van der Waals surface area contributed by atoms with Crippen LogP contribution in [0.15, 0.2) is 36.4 Å². The van der Waals surface area contributed by atoms with Gasteiger partial charge in [0.25, 0.3) is 0 Å². The molecule has 1 aromatic carbocycles. The summed E-state index contributed by atoms with van der Waals surface area (Å²) in [6, 6.07) is 11.9. The Morgan fingerprint density at radius 1 is 1.23 bits per heavy atom. The van der Waals surface area contributed by atoms with Crippen molar-refractivity contribution in [1.82, 2.24) is 4.90 Å². The van der Waals surface area contributed by atoms with Crippen molar-refractivity contribution in [3.8, 4) is 0 Å². The zero-order chi connectivity index (χ0) is 16.4. The molecule has 0 bridgehead atoms. The van der Waals surface area contributed by atoms with Gasteiger partial charge >= 0.3 is 6.09 Å². The molecular weight excluding hydrogens is 278 g/mol. The van der Waals surface area contributed by atoms with E-state index in [4.69, 9.17) is 4.74 Å². The van der Waals surface area contributed by atoms with Crippen LogP contribution in [0.2, 0.25) is 0 Å². The van der Waals surface area contributed by atoms with Crippen molar-refractivity contribution in [2.75, 3.05) is 6.61 Å². The highest BCUT2D eigenvalue weighted by molar-refractivity contribution is 5.93. The summed E-state index contributed by atoms with van der Waals surface area (Å²) in [5.41, 5.74) is 0. The molecule has 2 amide bonds. The molecule has 4 nitrogen and oxygen atoms in total. The molecule has 4 heteroatoms. The fourth-order valence-corrected chi connectivity index (χ4v) is 2.38.